The van der Waals surface area contributed by atoms with E-state index in [2.05, 4.69) is 33.2 Å². The van der Waals surface area contributed by atoms with Crippen molar-refractivity contribution in [2.75, 3.05) is 33.3 Å². The maximum atomic E-state index is 13.0. The van der Waals surface area contributed by atoms with Crippen molar-refractivity contribution in [1.29, 1.82) is 0 Å². The fourth-order valence-electron chi connectivity index (χ4n) is 4.57. The van der Waals surface area contributed by atoms with Crippen LogP contribution in [0.3, 0.4) is 0 Å². The molecule has 1 aliphatic carbocycles. The van der Waals surface area contributed by atoms with Crippen LogP contribution >= 0.6 is 0 Å². The lowest BCUT2D eigenvalue weighted by Gasteiger charge is -2.34. The Bertz CT molecular complexity index is 1100. The number of rotatable bonds is 6. The molecule has 0 unspecified atom stereocenters. The summed E-state index contributed by atoms with van der Waals surface area (Å²) in [6, 6.07) is 10.3. The third-order valence-electron chi connectivity index (χ3n) is 6.41. The second-order valence-electron chi connectivity index (χ2n) is 8.62. The molecule has 7 heteroatoms. The van der Waals surface area contributed by atoms with Crippen LogP contribution in [-0.4, -0.2) is 63.8 Å². The standard InChI is InChI=1S/C24H29N5O2/c1-17-23-21(19-6-7-19)8-9-25-24(23)29(26-17)16-22(30)28-12-10-27(11-13-28)15-18-4-3-5-20(14-18)31-2/h3-5,8-9,14,19H,6-7,10-13,15-16H2,1-2H3. The monoisotopic (exact) mass is 419 g/mol. The number of hydrogen-bond acceptors (Lipinski definition) is 5. The highest BCUT2D eigenvalue weighted by atomic mass is 16.5. The lowest BCUT2D eigenvalue weighted by molar-refractivity contribution is -0.133. The third-order valence-corrected chi connectivity index (χ3v) is 6.41. The SMILES string of the molecule is COc1cccc(CN2CCN(C(=O)Cn3nc(C)c4c(C5CC5)ccnc43)CC2)c1. The first kappa shape index (κ1) is 20.0. The van der Waals surface area contributed by atoms with Crippen LogP contribution in [0, 0.1) is 6.92 Å². The van der Waals surface area contributed by atoms with Crippen molar-refractivity contribution in [3.8, 4) is 5.75 Å². The molecule has 0 radical (unpaired) electrons. The zero-order valence-corrected chi connectivity index (χ0v) is 18.3. The number of methoxy groups -OCH3 is 1. The van der Waals surface area contributed by atoms with Crippen molar-refractivity contribution in [1.82, 2.24) is 24.6 Å². The molecule has 0 N–H and O–H groups in total. The van der Waals surface area contributed by atoms with E-state index in [4.69, 9.17) is 4.74 Å². The van der Waals surface area contributed by atoms with Crippen LogP contribution < -0.4 is 4.74 Å². The van der Waals surface area contributed by atoms with E-state index in [9.17, 15) is 4.79 Å². The summed E-state index contributed by atoms with van der Waals surface area (Å²) >= 11 is 0. The van der Waals surface area contributed by atoms with Crippen molar-refractivity contribution in [3.05, 3.63) is 53.3 Å². The number of carbonyl (C=O) groups excluding carboxylic acids is 1. The lowest BCUT2D eigenvalue weighted by Crippen LogP contribution is -2.49. The first-order chi connectivity index (χ1) is 15.1. The van der Waals surface area contributed by atoms with Gasteiger partial charge in [-0.05, 0) is 55.0 Å². The molecular weight excluding hydrogens is 390 g/mol. The number of pyridine rings is 1. The summed E-state index contributed by atoms with van der Waals surface area (Å²) in [6.45, 7) is 6.35. The van der Waals surface area contributed by atoms with Gasteiger partial charge >= 0.3 is 0 Å². The Hall–Kier alpha value is -2.93. The number of aromatic nitrogens is 3. The van der Waals surface area contributed by atoms with E-state index in [0.717, 1.165) is 55.2 Å². The van der Waals surface area contributed by atoms with Gasteiger partial charge in [-0.15, -0.1) is 0 Å². The topological polar surface area (TPSA) is 63.5 Å². The molecule has 1 saturated heterocycles. The fraction of sp³-hybridized carbons (Fsp3) is 0.458. The van der Waals surface area contributed by atoms with Crippen LogP contribution in [0.1, 0.15) is 35.6 Å². The summed E-state index contributed by atoms with van der Waals surface area (Å²) in [7, 11) is 1.69. The highest BCUT2D eigenvalue weighted by molar-refractivity contribution is 5.85. The molecule has 2 aromatic heterocycles. The molecule has 0 bridgehead atoms. The van der Waals surface area contributed by atoms with Crippen molar-refractivity contribution >= 4 is 16.9 Å². The van der Waals surface area contributed by atoms with Crippen molar-refractivity contribution in [3.63, 3.8) is 0 Å². The van der Waals surface area contributed by atoms with E-state index in [1.807, 2.05) is 30.2 Å². The van der Waals surface area contributed by atoms with Gasteiger partial charge in [-0.2, -0.15) is 5.10 Å². The number of hydrogen-bond donors (Lipinski definition) is 0. The van der Waals surface area contributed by atoms with Gasteiger partial charge in [-0.3, -0.25) is 9.69 Å². The Morgan fingerprint density at radius 3 is 2.71 bits per heavy atom. The van der Waals surface area contributed by atoms with Crippen LogP contribution in [0.4, 0.5) is 0 Å². The molecule has 1 aliphatic heterocycles. The van der Waals surface area contributed by atoms with Crippen LogP contribution in [-0.2, 0) is 17.9 Å². The first-order valence-corrected chi connectivity index (χ1v) is 11.1. The average molecular weight is 420 g/mol. The summed E-state index contributed by atoms with van der Waals surface area (Å²) in [5.74, 6) is 1.63. The number of benzene rings is 1. The molecule has 2 aliphatic rings. The van der Waals surface area contributed by atoms with Crippen LogP contribution in [0.5, 0.6) is 5.75 Å². The van der Waals surface area contributed by atoms with E-state index < -0.39 is 0 Å². The summed E-state index contributed by atoms with van der Waals surface area (Å²) < 4.78 is 7.11. The zero-order valence-electron chi connectivity index (χ0n) is 18.3. The van der Waals surface area contributed by atoms with Gasteiger partial charge in [0.2, 0.25) is 5.91 Å². The minimum atomic E-state index is 0.115. The van der Waals surface area contributed by atoms with Gasteiger partial charge in [0.1, 0.15) is 12.3 Å². The molecule has 1 aromatic carbocycles. The van der Waals surface area contributed by atoms with Gasteiger partial charge in [0, 0.05) is 44.3 Å². The highest BCUT2D eigenvalue weighted by Gasteiger charge is 2.28. The van der Waals surface area contributed by atoms with Crippen molar-refractivity contribution in [2.24, 2.45) is 0 Å². The summed E-state index contributed by atoms with van der Waals surface area (Å²) in [5, 5.41) is 5.81. The normalized spacial score (nSPS) is 17.3. The zero-order chi connectivity index (χ0) is 21.4. The maximum absolute atomic E-state index is 13.0. The molecule has 1 saturated carbocycles. The third kappa shape index (κ3) is 4.14. The van der Waals surface area contributed by atoms with Crippen LogP contribution in [0.25, 0.3) is 11.0 Å². The van der Waals surface area contributed by atoms with Gasteiger partial charge in [-0.1, -0.05) is 12.1 Å². The summed E-state index contributed by atoms with van der Waals surface area (Å²) in [5.41, 5.74) is 4.38. The number of amides is 1. The quantitative estimate of drug-likeness (QED) is 0.615. The van der Waals surface area contributed by atoms with Gasteiger partial charge in [0.05, 0.1) is 12.8 Å². The van der Waals surface area contributed by atoms with Crippen LogP contribution in [0.15, 0.2) is 36.5 Å². The summed E-state index contributed by atoms with van der Waals surface area (Å²) in [4.78, 5) is 21.9. The Balaban J connectivity index is 1.22. The van der Waals surface area contributed by atoms with Crippen molar-refractivity contribution in [2.45, 2.75) is 38.8 Å². The average Bonchev–Trinajstić information content (AvgIpc) is 3.59. The van der Waals surface area contributed by atoms with Gasteiger partial charge in [0.25, 0.3) is 0 Å². The number of piperazine rings is 1. The number of carbonyl (C=O) groups is 1. The Kier molecular flexibility index (Phi) is 5.36. The molecule has 162 valence electrons. The molecule has 3 heterocycles. The van der Waals surface area contributed by atoms with Crippen LogP contribution in [0.2, 0.25) is 0 Å². The Morgan fingerprint density at radius 2 is 1.97 bits per heavy atom. The first-order valence-electron chi connectivity index (χ1n) is 11.1. The van der Waals surface area contributed by atoms with E-state index in [0.29, 0.717) is 5.92 Å². The van der Waals surface area contributed by atoms with E-state index >= 15 is 0 Å². The van der Waals surface area contributed by atoms with E-state index in [1.54, 1.807) is 11.8 Å². The predicted molar refractivity (Wildman–Crippen MR) is 119 cm³/mol. The highest BCUT2D eigenvalue weighted by Crippen LogP contribution is 2.43. The number of nitrogens with zero attached hydrogens (tertiary/aromatic N) is 5. The molecule has 0 spiro atoms. The molecule has 3 aromatic rings. The number of aryl methyl sites for hydroxylation is 1. The molecule has 5 rings (SSSR count). The van der Waals surface area contributed by atoms with Crippen molar-refractivity contribution < 1.29 is 9.53 Å². The predicted octanol–water partition coefficient (Wildman–Crippen LogP) is 2.97. The van der Waals surface area contributed by atoms with Gasteiger partial charge in [0.15, 0.2) is 5.65 Å². The van der Waals surface area contributed by atoms with E-state index in [1.165, 1.54) is 24.0 Å². The molecule has 2 fully saturated rings. The second kappa shape index (κ2) is 8.30. The molecule has 31 heavy (non-hydrogen) atoms. The number of ether oxygens (including phenoxy) is 1. The lowest BCUT2D eigenvalue weighted by atomic mass is 10.1. The summed E-state index contributed by atoms with van der Waals surface area (Å²) in [6.07, 6.45) is 4.33. The largest absolute Gasteiger partial charge is 0.497 e. The fourth-order valence-corrected chi connectivity index (χ4v) is 4.57. The maximum Gasteiger partial charge on any atom is 0.244 e. The van der Waals surface area contributed by atoms with Gasteiger partial charge < -0.3 is 9.64 Å². The number of fused-ring (bicyclic) bond motifs is 1. The smallest absolute Gasteiger partial charge is 0.244 e. The Labute approximate surface area is 182 Å². The Morgan fingerprint density at radius 1 is 1.16 bits per heavy atom. The molecule has 7 nitrogen and oxygen atoms in total. The molecule has 1 amide bonds. The minimum absolute atomic E-state index is 0.115. The molecule has 0 atom stereocenters. The second-order valence-corrected chi connectivity index (χ2v) is 8.62. The van der Waals surface area contributed by atoms with Gasteiger partial charge in [-0.25, -0.2) is 9.67 Å². The minimum Gasteiger partial charge on any atom is -0.497 e. The van der Waals surface area contributed by atoms with E-state index in [-0.39, 0.29) is 12.5 Å². The molecular formula is C24H29N5O2.